The zero-order valence-corrected chi connectivity index (χ0v) is 19.8. The molecule has 4 heterocycles. The van der Waals surface area contributed by atoms with Gasteiger partial charge in [0.05, 0.1) is 37.0 Å². The van der Waals surface area contributed by atoms with E-state index in [9.17, 15) is 10.1 Å². The molecule has 2 saturated heterocycles. The number of nitrogens with two attached hydrogens (primary N) is 1. The topological polar surface area (TPSA) is 145 Å². The summed E-state index contributed by atoms with van der Waals surface area (Å²) in [7, 11) is 0. The number of nitrogens with zero attached hydrogens (tertiary/aromatic N) is 7. The number of rotatable bonds is 6. The Hall–Kier alpha value is -3.20. The Bertz CT molecular complexity index is 1180. The predicted octanol–water partition coefficient (Wildman–Crippen LogP) is 3.85. The average molecular weight is 503 g/mol. The van der Waals surface area contributed by atoms with Crippen molar-refractivity contribution in [2.24, 2.45) is 10.2 Å². The lowest BCUT2D eigenvalue weighted by Gasteiger charge is -2.26. The predicted molar refractivity (Wildman–Crippen MR) is 131 cm³/mol. The standard InChI is InChI=1S/C20H22N8O4S2/c21-17-16(33-20(23-17)27-7-11-32-12-8-27)15-18(34-19(22-15)26-5-9-31-10-6-26)25-24-13-1-3-14(4-2-13)28(29)30/h1-4H,5-12,21H2. The Morgan fingerprint density at radius 1 is 0.912 bits per heavy atom. The number of benzene rings is 1. The quantitative estimate of drug-likeness (QED) is 0.302. The van der Waals surface area contributed by atoms with Gasteiger partial charge in [-0.3, -0.25) is 10.1 Å². The van der Waals surface area contributed by atoms with Crippen molar-refractivity contribution in [2.45, 2.75) is 0 Å². The third kappa shape index (κ3) is 4.84. The molecule has 12 nitrogen and oxygen atoms in total. The van der Waals surface area contributed by atoms with E-state index in [2.05, 4.69) is 25.0 Å². The van der Waals surface area contributed by atoms with Crippen LogP contribution in [0.5, 0.6) is 0 Å². The van der Waals surface area contributed by atoms with Crippen LogP contribution < -0.4 is 15.5 Å². The van der Waals surface area contributed by atoms with Crippen LogP contribution in [0, 0.1) is 10.1 Å². The maximum absolute atomic E-state index is 10.9. The first-order chi connectivity index (χ1) is 16.6. The Morgan fingerprint density at radius 2 is 1.50 bits per heavy atom. The first-order valence-electron chi connectivity index (χ1n) is 10.7. The number of non-ortho nitro benzene ring substituents is 1. The zero-order chi connectivity index (χ0) is 23.5. The summed E-state index contributed by atoms with van der Waals surface area (Å²) >= 11 is 2.90. The van der Waals surface area contributed by atoms with E-state index in [1.54, 1.807) is 12.1 Å². The third-order valence-corrected chi connectivity index (χ3v) is 7.47. The fraction of sp³-hybridized carbons (Fsp3) is 0.400. The Balaban J connectivity index is 1.48. The van der Waals surface area contributed by atoms with Gasteiger partial charge in [-0.05, 0) is 12.1 Å². The summed E-state index contributed by atoms with van der Waals surface area (Å²) in [5.41, 5.74) is 7.46. The fourth-order valence-corrected chi connectivity index (χ4v) is 5.57. The van der Waals surface area contributed by atoms with Crippen LogP contribution in [0.3, 0.4) is 0 Å². The van der Waals surface area contributed by atoms with E-state index in [-0.39, 0.29) is 5.69 Å². The maximum atomic E-state index is 10.9. The zero-order valence-electron chi connectivity index (χ0n) is 18.1. The van der Waals surface area contributed by atoms with E-state index in [0.29, 0.717) is 48.6 Å². The van der Waals surface area contributed by atoms with Gasteiger partial charge >= 0.3 is 0 Å². The summed E-state index contributed by atoms with van der Waals surface area (Å²) in [4.78, 5) is 25.0. The van der Waals surface area contributed by atoms with Crippen LogP contribution in [0.25, 0.3) is 10.6 Å². The summed E-state index contributed by atoms with van der Waals surface area (Å²) in [5, 5.41) is 21.9. The second-order valence-corrected chi connectivity index (χ2v) is 9.47. The van der Waals surface area contributed by atoms with Gasteiger partial charge in [-0.2, -0.15) is 0 Å². The van der Waals surface area contributed by atoms with Gasteiger partial charge in [-0.15, -0.1) is 10.2 Å². The number of hydrogen-bond donors (Lipinski definition) is 1. The number of ether oxygens (including phenoxy) is 2. The number of thiazole rings is 2. The first kappa shape index (κ1) is 22.6. The maximum Gasteiger partial charge on any atom is 0.269 e. The number of anilines is 3. The van der Waals surface area contributed by atoms with Crippen molar-refractivity contribution < 1.29 is 14.4 Å². The van der Waals surface area contributed by atoms with Crippen LogP contribution in [0.15, 0.2) is 34.5 Å². The lowest BCUT2D eigenvalue weighted by atomic mass is 10.3. The highest BCUT2D eigenvalue weighted by molar-refractivity contribution is 7.22. The van der Waals surface area contributed by atoms with Crippen molar-refractivity contribution in [2.75, 3.05) is 68.1 Å². The summed E-state index contributed by atoms with van der Waals surface area (Å²) < 4.78 is 10.9. The van der Waals surface area contributed by atoms with E-state index in [1.807, 2.05) is 0 Å². The van der Waals surface area contributed by atoms with Crippen molar-refractivity contribution in [3.8, 4) is 10.6 Å². The third-order valence-electron chi connectivity index (χ3n) is 5.34. The summed E-state index contributed by atoms with van der Waals surface area (Å²) in [6, 6.07) is 5.92. The number of nitro groups is 1. The molecule has 2 aliphatic rings. The van der Waals surface area contributed by atoms with Crippen LogP contribution >= 0.6 is 22.7 Å². The summed E-state index contributed by atoms with van der Waals surface area (Å²) in [5.74, 6) is 0.400. The van der Waals surface area contributed by atoms with Gasteiger partial charge in [0.15, 0.2) is 15.3 Å². The molecular weight excluding hydrogens is 480 g/mol. The van der Waals surface area contributed by atoms with Gasteiger partial charge in [-0.1, -0.05) is 22.7 Å². The molecule has 3 aromatic rings. The molecule has 0 radical (unpaired) electrons. The van der Waals surface area contributed by atoms with Gasteiger partial charge in [0.25, 0.3) is 5.69 Å². The summed E-state index contributed by atoms with van der Waals surface area (Å²) in [6.07, 6.45) is 0. The van der Waals surface area contributed by atoms with Crippen molar-refractivity contribution >= 4 is 55.1 Å². The molecular formula is C20H22N8O4S2. The molecule has 5 rings (SSSR count). The molecule has 0 spiro atoms. The molecule has 0 unspecified atom stereocenters. The lowest BCUT2D eigenvalue weighted by molar-refractivity contribution is -0.384. The van der Waals surface area contributed by atoms with E-state index < -0.39 is 4.92 Å². The number of nitro benzene ring substituents is 1. The second-order valence-electron chi connectivity index (χ2n) is 7.53. The normalized spacial score (nSPS) is 16.9. The highest BCUT2D eigenvalue weighted by Crippen LogP contribution is 2.46. The monoisotopic (exact) mass is 502 g/mol. The Labute approximate surface area is 202 Å². The van der Waals surface area contributed by atoms with E-state index in [4.69, 9.17) is 20.2 Å². The number of hydrogen-bond acceptors (Lipinski definition) is 13. The van der Waals surface area contributed by atoms with Crippen LogP contribution in [-0.4, -0.2) is 67.5 Å². The first-order valence-corrected chi connectivity index (χ1v) is 12.3. The average Bonchev–Trinajstić information content (AvgIpc) is 3.47. The molecule has 0 saturated carbocycles. The molecule has 2 aromatic heterocycles. The largest absolute Gasteiger partial charge is 0.382 e. The number of aromatic nitrogens is 2. The number of morpholine rings is 2. The highest BCUT2D eigenvalue weighted by atomic mass is 32.1. The lowest BCUT2D eigenvalue weighted by Crippen LogP contribution is -2.36. The molecule has 2 N–H and O–H groups in total. The molecule has 2 fully saturated rings. The molecule has 14 heteroatoms. The Kier molecular flexibility index (Phi) is 6.62. The van der Waals surface area contributed by atoms with Gasteiger partial charge in [-0.25, -0.2) is 9.97 Å². The van der Waals surface area contributed by atoms with Gasteiger partial charge in [0.1, 0.15) is 16.4 Å². The molecule has 178 valence electrons. The van der Waals surface area contributed by atoms with Crippen molar-refractivity contribution in [1.29, 1.82) is 0 Å². The molecule has 0 aliphatic carbocycles. The number of nitrogen functional groups attached to an aromatic ring is 1. The summed E-state index contributed by atoms with van der Waals surface area (Å²) in [6.45, 7) is 5.58. The highest BCUT2D eigenvalue weighted by Gasteiger charge is 2.25. The van der Waals surface area contributed by atoms with E-state index in [0.717, 1.165) is 41.3 Å². The minimum atomic E-state index is -0.449. The van der Waals surface area contributed by atoms with Crippen LogP contribution in [0.2, 0.25) is 0 Å². The second kappa shape index (κ2) is 9.97. The van der Waals surface area contributed by atoms with Gasteiger partial charge in [0, 0.05) is 38.3 Å². The molecule has 2 aliphatic heterocycles. The van der Waals surface area contributed by atoms with Crippen molar-refractivity contribution in [1.82, 2.24) is 9.97 Å². The van der Waals surface area contributed by atoms with E-state index >= 15 is 0 Å². The van der Waals surface area contributed by atoms with Crippen LogP contribution in [-0.2, 0) is 9.47 Å². The van der Waals surface area contributed by atoms with Crippen LogP contribution in [0.1, 0.15) is 0 Å². The van der Waals surface area contributed by atoms with Crippen molar-refractivity contribution in [3.63, 3.8) is 0 Å². The molecule has 0 amide bonds. The van der Waals surface area contributed by atoms with Crippen molar-refractivity contribution in [3.05, 3.63) is 34.4 Å². The van der Waals surface area contributed by atoms with Crippen LogP contribution in [0.4, 0.5) is 32.5 Å². The van der Waals surface area contributed by atoms with Gasteiger partial charge in [0.2, 0.25) is 0 Å². The fourth-order valence-electron chi connectivity index (χ4n) is 3.53. The SMILES string of the molecule is Nc1nc(N2CCOCC2)sc1-c1nc(N2CCOCC2)sc1N=Nc1ccc([N+](=O)[O-])cc1. The molecule has 34 heavy (non-hydrogen) atoms. The number of azo groups is 1. The molecule has 0 atom stereocenters. The smallest absolute Gasteiger partial charge is 0.269 e. The minimum absolute atomic E-state index is 0.000101. The molecule has 0 bridgehead atoms. The Morgan fingerprint density at radius 3 is 2.09 bits per heavy atom. The van der Waals surface area contributed by atoms with E-state index in [1.165, 1.54) is 34.8 Å². The van der Waals surface area contributed by atoms with Gasteiger partial charge < -0.3 is 25.0 Å². The molecule has 1 aromatic carbocycles. The minimum Gasteiger partial charge on any atom is -0.382 e.